The number of rotatable bonds is 3. The second-order valence-corrected chi connectivity index (χ2v) is 10.5. The van der Waals surface area contributed by atoms with Crippen LogP contribution in [0.25, 0.3) is 0 Å². The summed E-state index contributed by atoms with van der Waals surface area (Å²) >= 11 is 0. The van der Waals surface area contributed by atoms with Crippen molar-refractivity contribution in [1.29, 1.82) is 0 Å². The van der Waals surface area contributed by atoms with Crippen LogP contribution in [0.15, 0.2) is 60.1 Å². The van der Waals surface area contributed by atoms with E-state index in [1.165, 1.54) is 33.4 Å². The Morgan fingerprint density at radius 3 is 2.41 bits per heavy atom. The molecule has 4 bridgehead atoms. The highest BCUT2D eigenvalue weighted by Gasteiger charge is 2.31. The summed E-state index contributed by atoms with van der Waals surface area (Å²) in [5.41, 5.74) is 8.29. The summed E-state index contributed by atoms with van der Waals surface area (Å²) in [6.45, 7) is 8.33. The van der Waals surface area contributed by atoms with Gasteiger partial charge in [0, 0.05) is 5.56 Å². The number of aromatic nitrogens is 2. The van der Waals surface area contributed by atoms with E-state index in [-0.39, 0.29) is 11.5 Å². The molecule has 0 saturated heterocycles. The van der Waals surface area contributed by atoms with Crippen molar-refractivity contribution < 1.29 is 9.30 Å². The largest absolute Gasteiger partial charge is 0.475 e. The zero-order chi connectivity index (χ0) is 22.3. The Morgan fingerprint density at radius 1 is 1.00 bits per heavy atom. The molecule has 4 nitrogen and oxygen atoms in total. The maximum Gasteiger partial charge on any atom is 0.243 e. The van der Waals surface area contributed by atoms with Crippen molar-refractivity contribution in [3.63, 3.8) is 0 Å². The average Bonchev–Trinajstić information content (AvgIpc) is 3.39. The lowest BCUT2D eigenvalue weighted by atomic mass is 9.88. The summed E-state index contributed by atoms with van der Waals surface area (Å²) in [5.74, 6) is 0.842. The summed E-state index contributed by atoms with van der Waals surface area (Å²) in [6, 6.07) is 14.2. The first-order valence-corrected chi connectivity index (χ1v) is 11.8. The van der Waals surface area contributed by atoms with E-state index in [2.05, 4.69) is 92.1 Å². The van der Waals surface area contributed by atoms with E-state index in [0.29, 0.717) is 6.61 Å². The molecule has 0 fully saturated rings. The molecule has 1 aliphatic heterocycles. The van der Waals surface area contributed by atoms with E-state index in [4.69, 9.17) is 9.73 Å². The lowest BCUT2D eigenvalue weighted by Gasteiger charge is -2.21. The van der Waals surface area contributed by atoms with Crippen molar-refractivity contribution in [2.45, 2.75) is 59.0 Å². The van der Waals surface area contributed by atoms with Gasteiger partial charge in [0.25, 0.3) is 0 Å². The second-order valence-electron chi connectivity index (χ2n) is 10.5. The summed E-state index contributed by atoms with van der Waals surface area (Å²) in [5, 5.41) is 0. The Bertz CT molecular complexity index is 1170. The van der Waals surface area contributed by atoms with Gasteiger partial charge in [-0.15, -0.1) is 0 Å². The normalized spacial score (nSPS) is 18.2. The zero-order valence-electron chi connectivity index (χ0n) is 19.8. The van der Waals surface area contributed by atoms with Crippen LogP contribution < -0.4 is 4.57 Å². The van der Waals surface area contributed by atoms with E-state index >= 15 is 0 Å². The molecule has 3 aromatic rings. The van der Waals surface area contributed by atoms with Gasteiger partial charge in [-0.1, -0.05) is 51.1 Å². The van der Waals surface area contributed by atoms with Crippen LogP contribution in [0.2, 0.25) is 0 Å². The van der Waals surface area contributed by atoms with Gasteiger partial charge in [-0.05, 0) is 65.0 Å². The third-order valence-electron chi connectivity index (χ3n) is 6.87. The molecule has 2 heterocycles. The molecule has 5 aliphatic rings. The molecule has 0 spiro atoms. The van der Waals surface area contributed by atoms with E-state index in [9.17, 15) is 0 Å². The highest BCUT2D eigenvalue weighted by Crippen LogP contribution is 2.29. The summed E-state index contributed by atoms with van der Waals surface area (Å²) < 4.78 is 10.5. The topological polar surface area (TPSA) is 30.4 Å². The molecule has 0 amide bonds. The number of hydrogen-bond donors (Lipinski definition) is 0. The predicted molar refractivity (Wildman–Crippen MR) is 128 cm³/mol. The first-order valence-electron chi connectivity index (χ1n) is 11.8. The number of nitrogens with zero attached hydrogens (tertiary/aromatic N) is 3. The highest BCUT2D eigenvalue weighted by atomic mass is 16.5. The number of benzene rings is 2. The number of aryl methyl sites for hydroxylation is 5. The third kappa shape index (κ3) is 4.36. The Labute approximate surface area is 191 Å². The van der Waals surface area contributed by atoms with Gasteiger partial charge in [0.05, 0.1) is 13.1 Å². The molecule has 166 valence electrons. The Balaban J connectivity index is 1.45. The van der Waals surface area contributed by atoms with E-state index in [0.717, 1.165) is 38.1 Å². The van der Waals surface area contributed by atoms with Gasteiger partial charge in [0.2, 0.25) is 12.2 Å². The molecular formula is C28H34N3O+. The Hall–Kier alpha value is -2.88. The summed E-state index contributed by atoms with van der Waals surface area (Å²) in [4.78, 5) is 4.99. The SMILES string of the molecule is C[n+]1ccn(Cc2cc3ccc2CCc2ccc(c(C4=N[C@@H](C(C)(C)C)CO4)c2)CC3)c1. The van der Waals surface area contributed by atoms with Crippen molar-refractivity contribution >= 4 is 5.90 Å². The minimum atomic E-state index is 0.120. The van der Waals surface area contributed by atoms with Crippen molar-refractivity contribution in [1.82, 2.24) is 4.57 Å². The first-order chi connectivity index (χ1) is 15.3. The molecule has 4 heteroatoms. The molecule has 32 heavy (non-hydrogen) atoms. The first kappa shape index (κ1) is 21.0. The van der Waals surface area contributed by atoms with Crippen molar-refractivity contribution in [3.8, 4) is 0 Å². The maximum atomic E-state index is 6.13. The number of imidazole rings is 1. The molecule has 0 unspecified atom stereocenters. The van der Waals surface area contributed by atoms with E-state index in [1.807, 2.05) is 0 Å². The van der Waals surface area contributed by atoms with Gasteiger partial charge in [-0.2, -0.15) is 0 Å². The monoisotopic (exact) mass is 428 g/mol. The van der Waals surface area contributed by atoms with Crippen LogP contribution in [-0.4, -0.2) is 23.1 Å². The smallest absolute Gasteiger partial charge is 0.243 e. The fourth-order valence-electron chi connectivity index (χ4n) is 4.74. The summed E-state index contributed by atoms with van der Waals surface area (Å²) in [7, 11) is 2.07. The predicted octanol–water partition coefficient (Wildman–Crippen LogP) is 4.44. The van der Waals surface area contributed by atoms with Gasteiger partial charge in [0.1, 0.15) is 25.5 Å². The van der Waals surface area contributed by atoms with Crippen LogP contribution in [0.3, 0.4) is 0 Å². The molecule has 8 rings (SSSR count). The molecule has 2 aromatic carbocycles. The van der Waals surface area contributed by atoms with E-state index < -0.39 is 0 Å². The van der Waals surface area contributed by atoms with Crippen LogP contribution in [0, 0.1) is 5.41 Å². The Kier molecular flexibility index (Phi) is 5.40. The molecule has 0 radical (unpaired) electrons. The third-order valence-corrected chi connectivity index (χ3v) is 6.87. The average molecular weight is 429 g/mol. The summed E-state index contributed by atoms with van der Waals surface area (Å²) in [6.07, 6.45) is 10.5. The van der Waals surface area contributed by atoms with Gasteiger partial charge in [0.15, 0.2) is 0 Å². The number of aliphatic imine (C=N–C) groups is 1. The maximum absolute atomic E-state index is 6.13. The molecule has 0 N–H and O–H groups in total. The van der Waals surface area contributed by atoms with Gasteiger partial charge in [-0.3, -0.25) is 0 Å². The fraction of sp³-hybridized carbons (Fsp3) is 0.429. The lowest BCUT2D eigenvalue weighted by Crippen LogP contribution is -2.25. The molecule has 1 aromatic heterocycles. The second kappa shape index (κ2) is 8.23. The molecule has 4 aliphatic carbocycles. The fourth-order valence-corrected chi connectivity index (χ4v) is 4.74. The number of hydrogen-bond acceptors (Lipinski definition) is 2. The lowest BCUT2D eigenvalue weighted by molar-refractivity contribution is -0.671. The van der Waals surface area contributed by atoms with Crippen molar-refractivity contribution in [2.24, 2.45) is 17.5 Å². The number of ether oxygens (including phenoxy) is 1. The van der Waals surface area contributed by atoms with Crippen LogP contribution in [0.5, 0.6) is 0 Å². The van der Waals surface area contributed by atoms with Crippen LogP contribution in [0.4, 0.5) is 0 Å². The molecular weight excluding hydrogens is 394 g/mol. The molecule has 1 atom stereocenters. The quantitative estimate of drug-likeness (QED) is 0.568. The standard InChI is InChI=1S/C28H34N3O/c1-28(2,3)26-18-32-27(29-26)25-16-21-6-10-22-9-5-20(7-11-23(25)12-8-21)15-24(22)17-31-14-13-30(4)19-31/h5,8-9,12-16,19,26H,6-7,10-11,17-18H2,1-4H3/q+1/t26-/m1/s1. The Morgan fingerprint density at radius 2 is 1.72 bits per heavy atom. The van der Waals surface area contributed by atoms with Gasteiger partial charge in [-0.25, -0.2) is 14.1 Å². The minimum Gasteiger partial charge on any atom is -0.475 e. The minimum absolute atomic E-state index is 0.120. The van der Waals surface area contributed by atoms with Crippen molar-refractivity contribution in [2.75, 3.05) is 6.61 Å². The van der Waals surface area contributed by atoms with Gasteiger partial charge < -0.3 is 4.74 Å². The van der Waals surface area contributed by atoms with E-state index in [1.54, 1.807) is 0 Å². The highest BCUT2D eigenvalue weighted by molar-refractivity contribution is 5.97. The van der Waals surface area contributed by atoms with Gasteiger partial charge >= 0.3 is 0 Å². The zero-order valence-corrected chi connectivity index (χ0v) is 19.8. The van der Waals surface area contributed by atoms with Crippen LogP contribution in [0.1, 0.15) is 54.2 Å². The van der Waals surface area contributed by atoms with Crippen LogP contribution >= 0.6 is 0 Å². The molecule has 0 saturated carbocycles. The van der Waals surface area contributed by atoms with Crippen LogP contribution in [-0.2, 0) is 44.0 Å². The van der Waals surface area contributed by atoms with Crippen molar-refractivity contribution in [3.05, 3.63) is 88.5 Å².